The van der Waals surface area contributed by atoms with Gasteiger partial charge in [0.25, 0.3) is 11.8 Å². The Morgan fingerprint density at radius 3 is 2.42 bits per heavy atom. The third-order valence-corrected chi connectivity index (χ3v) is 6.65. The Hall–Kier alpha value is -3.96. The molecule has 2 aromatic rings. The maximum Gasteiger partial charge on any atom is 0.460 e. The fraction of sp³-hybridized carbons (Fsp3) is 0.381. The molecule has 4 heterocycles. The molecule has 188 valence electrons. The molecule has 8 nitrogen and oxygen atoms in total. The number of likely N-dealkylation sites (tertiary alicyclic amines) is 1. The highest BCUT2D eigenvalue weighted by Crippen LogP contribution is 2.50. The van der Waals surface area contributed by atoms with E-state index in [1.807, 2.05) is 6.07 Å². The van der Waals surface area contributed by atoms with Crippen LogP contribution in [0.1, 0.15) is 12.0 Å². The molecule has 2 unspecified atom stereocenters. The number of halogens is 7. The summed E-state index contributed by atoms with van der Waals surface area (Å²) in [6, 6.07) is 2.45. The number of urea groups is 1. The molecule has 3 aliphatic rings. The highest BCUT2D eigenvalue weighted by atomic mass is 19.4. The van der Waals surface area contributed by atoms with Crippen LogP contribution in [0.3, 0.4) is 0 Å². The number of nitriles is 1. The van der Waals surface area contributed by atoms with Crippen molar-refractivity contribution in [3.05, 3.63) is 36.0 Å². The Labute approximate surface area is 196 Å². The van der Waals surface area contributed by atoms with Crippen molar-refractivity contribution < 1.29 is 45.1 Å². The number of amides is 4. The van der Waals surface area contributed by atoms with E-state index in [0.717, 1.165) is 4.90 Å². The Balaban J connectivity index is 1.50. The predicted octanol–water partition coefficient (Wildman–Crippen LogP) is 3.06. The molecule has 1 aromatic heterocycles. The lowest BCUT2D eigenvalue weighted by molar-refractivity contribution is -0.346. The molecule has 36 heavy (non-hydrogen) atoms. The first-order valence-corrected chi connectivity index (χ1v) is 10.3. The van der Waals surface area contributed by atoms with E-state index in [-0.39, 0.29) is 33.5 Å². The lowest BCUT2D eigenvalue weighted by atomic mass is 10.0. The van der Waals surface area contributed by atoms with Gasteiger partial charge in [-0.15, -0.1) is 0 Å². The average molecular weight is 515 g/mol. The van der Waals surface area contributed by atoms with Gasteiger partial charge in [-0.3, -0.25) is 14.6 Å². The largest absolute Gasteiger partial charge is 0.460 e. The van der Waals surface area contributed by atoms with E-state index >= 15 is 0 Å². The quantitative estimate of drug-likeness (QED) is 0.463. The summed E-state index contributed by atoms with van der Waals surface area (Å²) in [4.78, 5) is 44.6. The van der Waals surface area contributed by atoms with Crippen molar-refractivity contribution in [3.8, 4) is 6.07 Å². The van der Waals surface area contributed by atoms with Crippen molar-refractivity contribution in [1.82, 2.24) is 14.8 Å². The summed E-state index contributed by atoms with van der Waals surface area (Å²) >= 11 is 0. The summed E-state index contributed by atoms with van der Waals surface area (Å²) in [5, 5.41) is 9.52. The number of piperazine rings is 1. The summed E-state index contributed by atoms with van der Waals surface area (Å²) in [7, 11) is 0. The minimum Gasteiger partial charge on any atom is -0.330 e. The summed E-state index contributed by atoms with van der Waals surface area (Å²) < 4.78 is 92.9. The molecule has 0 N–H and O–H groups in total. The Bertz CT molecular complexity index is 1370. The van der Waals surface area contributed by atoms with Gasteiger partial charge >= 0.3 is 24.1 Å². The first-order chi connectivity index (χ1) is 16.7. The highest BCUT2D eigenvalue weighted by Gasteiger charge is 2.78. The van der Waals surface area contributed by atoms with Gasteiger partial charge in [0.05, 0.1) is 28.9 Å². The third kappa shape index (κ3) is 2.86. The zero-order chi connectivity index (χ0) is 26.4. The number of fused-ring (bicyclic) bond motifs is 6. The molecule has 3 atom stereocenters. The van der Waals surface area contributed by atoms with E-state index in [1.54, 1.807) is 0 Å². The molecular formula is C21H12F7N5O3. The van der Waals surface area contributed by atoms with Gasteiger partial charge < -0.3 is 9.80 Å². The summed E-state index contributed by atoms with van der Waals surface area (Å²) in [6.45, 7) is -0.744. The minimum atomic E-state index is -6.70. The van der Waals surface area contributed by atoms with Gasteiger partial charge in [-0.1, -0.05) is 0 Å². The van der Waals surface area contributed by atoms with Crippen LogP contribution in [0.25, 0.3) is 10.9 Å². The molecule has 0 aliphatic carbocycles. The SMILES string of the molecule is N#Cc1ccc(N2C(=O)C3C4C[C@H](CN4C(=O)C(F)(F)C(F)(F)C(F)(F)F)N3C2=O)c2cccnc12. The van der Waals surface area contributed by atoms with Crippen molar-refractivity contribution >= 4 is 34.4 Å². The topological polar surface area (TPSA) is 97.6 Å². The van der Waals surface area contributed by atoms with E-state index in [2.05, 4.69) is 4.98 Å². The van der Waals surface area contributed by atoms with E-state index in [0.29, 0.717) is 4.90 Å². The Morgan fingerprint density at radius 2 is 1.78 bits per heavy atom. The smallest absolute Gasteiger partial charge is 0.330 e. The standard InChI is InChI=1S/C21H12F7N5O3/c22-19(23,20(24,25)21(26,27)28)17(35)31-8-10-6-13(31)15-16(34)33(18(36)32(10)15)12-4-3-9(7-29)14-11(12)2-1-5-30-14/h1-5,10,13,15H,6,8H2/t10-,13?,15?/m1/s1. The Morgan fingerprint density at radius 1 is 1.08 bits per heavy atom. The van der Waals surface area contributed by atoms with Crippen molar-refractivity contribution in [1.29, 1.82) is 5.26 Å². The Kier molecular flexibility index (Phi) is 4.80. The monoisotopic (exact) mass is 515 g/mol. The first-order valence-electron chi connectivity index (χ1n) is 10.3. The number of pyridine rings is 1. The molecule has 0 radical (unpaired) electrons. The molecule has 5 rings (SSSR count). The lowest BCUT2D eigenvalue weighted by Crippen LogP contribution is -2.64. The number of hydrogen-bond donors (Lipinski definition) is 0. The van der Waals surface area contributed by atoms with E-state index in [9.17, 15) is 50.4 Å². The van der Waals surface area contributed by atoms with Gasteiger partial charge in [-0.25, -0.2) is 9.69 Å². The molecule has 4 amide bonds. The number of aromatic nitrogens is 1. The molecule has 0 saturated carbocycles. The molecule has 1 aromatic carbocycles. The zero-order valence-corrected chi connectivity index (χ0v) is 17.6. The second-order valence-corrected chi connectivity index (χ2v) is 8.51. The van der Waals surface area contributed by atoms with Crippen molar-refractivity contribution in [2.45, 2.75) is 42.6 Å². The van der Waals surface area contributed by atoms with Crippen LogP contribution in [0.2, 0.25) is 0 Å². The molecule has 0 spiro atoms. The highest BCUT2D eigenvalue weighted by molar-refractivity contribution is 6.25. The fourth-order valence-electron chi connectivity index (χ4n) is 5.05. The zero-order valence-electron chi connectivity index (χ0n) is 17.6. The van der Waals surface area contributed by atoms with Crippen LogP contribution in [-0.2, 0) is 9.59 Å². The second-order valence-electron chi connectivity index (χ2n) is 8.51. The van der Waals surface area contributed by atoms with Gasteiger partial charge in [-0.05, 0) is 30.7 Å². The second kappa shape index (κ2) is 7.28. The van der Waals surface area contributed by atoms with Crippen LogP contribution in [0, 0.1) is 11.3 Å². The van der Waals surface area contributed by atoms with E-state index in [4.69, 9.17) is 0 Å². The van der Waals surface area contributed by atoms with Crippen LogP contribution in [0.4, 0.5) is 41.2 Å². The number of anilines is 1. The number of carbonyl (C=O) groups excluding carboxylic acids is 3. The normalized spacial score (nSPS) is 24.1. The molecule has 3 aliphatic heterocycles. The van der Waals surface area contributed by atoms with Crippen LogP contribution in [-0.4, -0.2) is 75.3 Å². The summed E-state index contributed by atoms with van der Waals surface area (Å²) in [5.74, 6) is -16.5. The molecule has 3 fully saturated rings. The van der Waals surface area contributed by atoms with Gasteiger partial charge in [0.2, 0.25) is 0 Å². The van der Waals surface area contributed by atoms with Crippen LogP contribution in [0.5, 0.6) is 0 Å². The third-order valence-electron chi connectivity index (χ3n) is 6.65. The predicted molar refractivity (Wildman–Crippen MR) is 105 cm³/mol. The number of benzene rings is 1. The number of imide groups is 1. The number of alkyl halides is 7. The molecular weight excluding hydrogens is 503 g/mol. The molecule has 15 heteroatoms. The minimum absolute atomic E-state index is 0.00714. The number of nitrogens with zero attached hydrogens (tertiary/aromatic N) is 5. The average Bonchev–Trinajstić information content (AvgIpc) is 3.48. The molecule has 2 bridgehead atoms. The van der Waals surface area contributed by atoms with Crippen LogP contribution < -0.4 is 4.90 Å². The van der Waals surface area contributed by atoms with Gasteiger partial charge in [0.1, 0.15) is 12.1 Å². The van der Waals surface area contributed by atoms with Crippen LogP contribution in [0.15, 0.2) is 30.5 Å². The van der Waals surface area contributed by atoms with Crippen molar-refractivity contribution in [2.75, 3.05) is 11.4 Å². The van der Waals surface area contributed by atoms with Crippen molar-refractivity contribution in [2.24, 2.45) is 0 Å². The maximum absolute atomic E-state index is 14.1. The number of carbonyl (C=O) groups is 3. The van der Waals surface area contributed by atoms with Gasteiger partial charge in [0, 0.05) is 18.1 Å². The summed E-state index contributed by atoms with van der Waals surface area (Å²) in [5.41, 5.74) is 0.310. The first kappa shape index (κ1) is 23.8. The summed E-state index contributed by atoms with van der Waals surface area (Å²) in [6.07, 6.45) is -5.57. The van der Waals surface area contributed by atoms with Gasteiger partial charge in [0.15, 0.2) is 0 Å². The van der Waals surface area contributed by atoms with Crippen molar-refractivity contribution in [3.63, 3.8) is 0 Å². The lowest BCUT2D eigenvalue weighted by Gasteiger charge is -2.38. The van der Waals surface area contributed by atoms with Gasteiger partial charge in [-0.2, -0.15) is 36.0 Å². The van der Waals surface area contributed by atoms with E-state index in [1.165, 1.54) is 30.5 Å². The van der Waals surface area contributed by atoms with E-state index < -0.39 is 60.5 Å². The molecule has 3 saturated heterocycles. The maximum atomic E-state index is 14.1. The fourth-order valence-corrected chi connectivity index (χ4v) is 5.05. The number of hydrogen-bond acceptors (Lipinski definition) is 5. The van der Waals surface area contributed by atoms with Crippen LogP contribution >= 0.6 is 0 Å². The number of rotatable bonds is 3.